The molecule has 2 heterocycles. The Bertz CT molecular complexity index is 421. The molecule has 1 saturated heterocycles. The molecule has 112 valence electrons. The van der Waals surface area contributed by atoms with E-state index in [4.69, 9.17) is 5.73 Å². The van der Waals surface area contributed by atoms with E-state index in [1.807, 2.05) is 23.4 Å². The molecule has 1 aromatic heterocycles. The van der Waals surface area contributed by atoms with Crippen molar-refractivity contribution in [3.05, 3.63) is 22.4 Å². The lowest BCUT2D eigenvalue weighted by atomic mass is 9.91. The third-order valence-electron chi connectivity index (χ3n) is 4.16. The molecule has 1 fully saturated rings. The maximum absolute atomic E-state index is 12.3. The van der Waals surface area contributed by atoms with Crippen molar-refractivity contribution in [1.82, 2.24) is 9.80 Å². The second-order valence-corrected chi connectivity index (χ2v) is 6.72. The van der Waals surface area contributed by atoms with E-state index in [0.29, 0.717) is 25.0 Å². The van der Waals surface area contributed by atoms with Gasteiger partial charge in [-0.1, -0.05) is 19.4 Å². The van der Waals surface area contributed by atoms with E-state index in [1.54, 1.807) is 11.3 Å². The molecule has 1 aliphatic heterocycles. The summed E-state index contributed by atoms with van der Waals surface area (Å²) in [6, 6.07) is 4.40. The van der Waals surface area contributed by atoms with Crippen molar-refractivity contribution < 1.29 is 4.79 Å². The number of carbonyl (C=O) groups excluding carboxylic acids is 1. The molecule has 2 atom stereocenters. The van der Waals surface area contributed by atoms with Crippen LogP contribution in [-0.2, 0) is 11.3 Å². The SMILES string of the molecule is CCC1CN(CC(=O)N(C)Cc2cccs2)CCC1N. The van der Waals surface area contributed by atoms with Gasteiger partial charge in [0.2, 0.25) is 5.91 Å². The first-order valence-electron chi connectivity index (χ1n) is 7.34. The summed E-state index contributed by atoms with van der Waals surface area (Å²) in [5.41, 5.74) is 6.11. The largest absolute Gasteiger partial charge is 0.340 e. The number of likely N-dealkylation sites (tertiary alicyclic amines) is 1. The molecule has 0 aromatic carbocycles. The molecule has 20 heavy (non-hydrogen) atoms. The number of rotatable bonds is 5. The minimum absolute atomic E-state index is 0.198. The predicted octanol–water partition coefficient (Wildman–Crippen LogP) is 1.77. The lowest BCUT2D eigenvalue weighted by Crippen LogP contribution is -2.49. The van der Waals surface area contributed by atoms with Crippen molar-refractivity contribution in [1.29, 1.82) is 0 Å². The number of hydrogen-bond acceptors (Lipinski definition) is 4. The van der Waals surface area contributed by atoms with Gasteiger partial charge in [0.05, 0.1) is 13.1 Å². The van der Waals surface area contributed by atoms with Crippen LogP contribution < -0.4 is 5.73 Å². The minimum atomic E-state index is 0.198. The number of thiophene rings is 1. The topological polar surface area (TPSA) is 49.6 Å². The van der Waals surface area contributed by atoms with Crippen molar-refractivity contribution in [3.8, 4) is 0 Å². The fourth-order valence-corrected chi connectivity index (χ4v) is 3.49. The Morgan fingerprint density at radius 1 is 1.60 bits per heavy atom. The Hall–Kier alpha value is -0.910. The summed E-state index contributed by atoms with van der Waals surface area (Å²) < 4.78 is 0. The molecule has 5 heteroatoms. The van der Waals surface area contributed by atoms with E-state index in [0.717, 1.165) is 25.9 Å². The minimum Gasteiger partial charge on any atom is -0.340 e. The van der Waals surface area contributed by atoms with Crippen LogP contribution in [0.3, 0.4) is 0 Å². The molecular weight excluding hydrogens is 270 g/mol. The summed E-state index contributed by atoms with van der Waals surface area (Å²) in [4.78, 5) is 17.6. The van der Waals surface area contributed by atoms with Crippen LogP contribution in [0.4, 0.5) is 0 Å². The third-order valence-corrected chi connectivity index (χ3v) is 5.02. The van der Waals surface area contributed by atoms with E-state index >= 15 is 0 Å². The second-order valence-electron chi connectivity index (χ2n) is 5.69. The lowest BCUT2D eigenvalue weighted by Gasteiger charge is -2.36. The zero-order valence-corrected chi connectivity index (χ0v) is 13.2. The fourth-order valence-electron chi connectivity index (χ4n) is 2.74. The highest BCUT2D eigenvalue weighted by atomic mass is 32.1. The van der Waals surface area contributed by atoms with Crippen LogP contribution in [0.5, 0.6) is 0 Å². The molecule has 2 unspecified atom stereocenters. The van der Waals surface area contributed by atoms with Crippen LogP contribution >= 0.6 is 11.3 Å². The average Bonchev–Trinajstić information content (AvgIpc) is 2.93. The highest BCUT2D eigenvalue weighted by molar-refractivity contribution is 7.09. The molecule has 0 saturated carbocycles. The van der Waals surface area contributed by atoms with Crippen LogP contribution in [0.25, 0.3) is 0 Å². The molecule has 0 radical (unpaired) electrons. The highest BCUT2D eigenvalue weighted by Gasteiger charge is 2.26. The van der Waals surface area contributed by atoms with Crippen LogP contribution in [0.2, 0.25) is 0 Å². The van der Waals surface area contributed by atoms with E-state index < -0.39 is 0 Å². The number of nitrogens with zero attached hydrogens (tertiary/aromatic N) is 2. The van der Waals surface area contributed by atoms with Gasteiger partial charge in [0.15, 0.2) is 0 Å². The van der Waals surface area contributed by atoms with Crippen molar-refractivity contribution in [2.75, 3.05) is 26.7 Å². The molecule has 0 aliphatic carbocycles. The first kappa shape index (κ1) is 15.5. The fraction of sp³-hybridized carbons (Fsp3) is 0.667. The van der Waals surface area contributed by atoms with Gasteiger partial charge in [0.25, 0.3) is 0 Å². The number of likely N-dealkylation sites (N-methyl/N-ethyl adjacent to an activating group) is 1. The van der Waals surface area contributed by atoms with Crippen molar-refractivity contribution in [2.45, 2.75) is 32.4 Å². The Morgan fingerprint density at radius 3 is 3.05 bits per heavy atom. The monoisotopic (exact) mass is 295 g/mol. The van der Waals surface area contributed by atoms with Gasteiger partial charge in [0, 0.05) is 31.1 Å². The normalized spacial score (nSPS) is 23.8. The standard InChI is InChI=1S/C15H25N3OS/c1-3-12-9-18(7-6-14(12)16)11-15(19)17(2)10-13-5-4-8-20-13/h4-5,8,12,14H,3,6-7,9-11,16H2,1-2H3. The number of hydrogen-bond donors (Lipinski definition) is 1. The highest BCUT2D eigenvalue weighted by Crippen LogP contribution is 2.18. The third kappa shape index (κ3) is 4.04. The quantitative estimate of drug-likeness (QED) is 0.900. The Kier molecular flexibility index (Phi) is 5.57. The van der Waals surface area contributed by atoms with E-state index in [9.17, 15) is 4.79 Å². The van der Waals surface area contributed by atoms with Crippen LogP contribution in [0, 0.1) is 5.92 Å². The van der Waals surface area contributed by atoms with E-state index in [2.05, 4.69) is 17.9 Å². The maximum atomic E-state index is 12.3. The second kappa shape index (κ2) is 7.20. The van der Waals surface area contributed by atoms with Gasteiger partial charge >= 0.3 is 0 Å². The Labute approximate surface area is 125 Å². The summed E-state index contributed by atoms with van der Waals surface area (Å²) in [6.45, 7) is 5.30. The molecule has 1 aliphatic rings. The zero-order valence-electron chi connectivity index (χ0n) is 12.4. The Balaban J connectivity index is 1.81. The summed E-state index contributed by atoms with van der Waals surface area (Å²) in [7, 11) is 1.88. The van der Waals surface area contributed by atoms with Crippen LogP contribution in [0.15, 0.2) is 17.5 Å². The molecule has 4 nitrogen and oxygen atoms in total. The van der Waals surface area contributed by atoms with Gasteiger partial charge in [-0.05, 0) is 23.8 Å². The molecule has 1 amide bonds. The maximum Gasteiger partial charge on any atom is 0.236 e. The summed E-state index contributed by atoms with van der Waals surface area (Å²) in [5.74, 6) is 0.725. The smallest absolute Gasteiger partial charge is 0.236 e. The lowest BCUT2D eigenvalue weighted by molar-refractivity contribution is -0.132. The van der Waals surface area contributed by atoms with E-state index in [1.165, 1.54) is 4.88 Å². The van der Waals surface area contributed by atoms with Crippen LogP contribution in [0.1, 0.15) is 24.6 Å². The van der Waals surface area contributed by atoms with Crippen molar-refractivity contribution in [3.63, 3.8) is 0 Å². The van der Waals surface area contributed by atoms with Crippen LogP contribution in [-0.4, -0.2) is 48.4 Å². The van der Waals surface area contributed by atoms with Gasteiger partial charge in [-0.15, -0.1) is 11.3 Å². The number of nitrogens with two attached hydrogens (primary N) is 1. The van der Waals surface area contributed by atoms with Crippen molar-refractivity contribution >= 4 is 17.2 Å². The molecule has 1 aromatic rings. The molecule has 2 rings (SSSR count). The molecule has 2 N–H and O–H groups in total. The summed E-state index contributed by atoms with van der Waals surface area (Å²) in [6.07, 6.45) is 2.09. The van der Waals surface area contributed by atoms with Gasteiger partial charge in [0.1, 0.15) is 0 Å². The first-order valence-corrected chi connectivity index (χ1v) is 8.22. The number of carbonyl (C=O) groups is 1. The van der Waals surface area contributed by atoms with Gasteiger partial charge in [-0.3, -0.25) is 9.69 Å². The van der Waals surface area contributed by atoms with Gasteiger partial charge in [-0.2, -0.15) is 0 Å². The Morgan fingerprint density at radius 2 is 2.40 bits per heavy atom. The number of amides is 1. The number of piperidine rings is 1. The molecule has 0 spiro atoms. The molecule has 0 bridgehead atoms. The molecular formula is C15H25N3OS. The van der Waals surface area contributed by atoms with Gasteiger partial charge < -0.3 is 10.6 Å². The van der Waals surface area contributed by atoms with E-state index in [-0.39, 0.29) is 5.91 Å². The van der Waals surface area contributed by atoms with Gasteiger partial charge in [-0.25, -0.2) is 0 Å². The predicted molar refractivity (Wildman–Crippen MR) is 83.6 cm³/mol. The summed E-state index contributed by atoms with van der Waals surface area (Å²) >= 11 is 1.70. The summed E-state index contributed by atoms with van der Waals surface area (Å²) in [5, 5.41) is 2.05. The first-order chi connectivity index (χ1) is 9.60. The van der Waals surface area contributed by atoms with Crippen molar-refractivity contribution in [2.24, 2.45) is 11.7 Å². The zero-order chi connectivity index (χ0) is 14.5. The average molecular weight is 295 g/mol.